The number of carbonyl (C=O) groups excluding carboxylic acids is 1. The van der Waals surface area contributed by atoms with Crippen molar-refractivity contribution in [2.45, 2.75) is 6.54 Å². The molecule has 2 aromatic rings. The molecule has 0 bridgehead atoms. The number of nitrogens with one attached hydrogen (secondary N) is 1. The molecule has 0 unspecified atom stereocenters. The molecule has 0 saturated heterocycles. The molecule has 0 spiro atoms. The average Bonchev–Trinajstić information content (AvgIpc) is 2.91. The molecule has 1 N–H and O–H groups in total. The van der Waals surface area contributed by atoms with Gasteiger partial charge in [-0.1, -0.05) is 0 Å². The van der Waals surface area contributed by atoms with Gasteiger partial charge in [0.2, 0.25) is 0 Å². The number of hydrogen-bond acceptors (Lipinski definition) is 4. The SMILES string of the molecule is CN(Cc1cn[nH]c1)C(=O)c1cc([N+](=O)[O-])ccc1F. The molecule has 0 saturated carbocycles. The van der Waals surface area contributed by atoms with E-state index in [1.54, 1.807) is 6.20 Å². The van der Waals surface area contributed by atoms with Crippen LogP contribution in [-0.2, 0) is 6.54 Å². The van der Waals surface area contributed by atoms with Gasteiger partial charge in [-0.05, 0) is 6.07 Å². The van der Waals surface area contributed by atoms with Gasteiger partial charge >= 0.3 is 0 Å². The lowest BCUT2D eigenvalue weighted by Crippen LogP contribution is -2.27. The number of hydrogen-bond donors (Lipinski definition) is 1. The topological polar surface area (TPSA) is 92.1 Å². The number of H-pyrrole nitrogens is 1. The fourth-order valence-electron chi connectivity index (χ4n) is 1.71. The van der Waals surface area contributed by atoms with Crippen LogP contribution < -0.4 is 0 Å². The van der Waals surface area contributed by atoms with Crippen molar-refractivity contribution in [3.63, 3.8) is 0 Å². The van der Waals surface area contributed by atoms with Crippen molar-refractivity contribution in [1.29, 1.82) is 0 Å². The van der Waals surface area contributed by atoms with Crippen LogP contribution >= 0.6 is 0 Å². The smallest absolute Gasteiger partial charge is 0.270 e. The summed E-state index contributed by atoms with van der Waals surface area (Å²) in [6.07, 6.45) is 3.14. The van der Waals surface area contributed by atoms with Gasteiger partial charge in [0, 0.05) is 37.5 Å². The summed E-state index contributed by atoms with van der Waals surface area (Å²) >= 11 is 0. The number of nitro groups is 1. The maximum absolute atomic E-state index is 13.6. The van der Waals surface area contributed by atoms with Crippen LogP contribution in [-0.4, -0.2) is 33.0 Å². The molecule has 1 amide bonds. The van der Waals surface area contributed by atoms with Crippen LogP contribution in [0.15, 0.2) is 30.6 Å². The molecule has 104 valence electrons. The first-order valence-corrected chi connectivity index (χ1v) is 5.66. The summed E-state index contributed by atoms with van der Waals surface area (Å²) in [5, 5.41) is 17.0. The van der Waals surface area contributed by atoms with E-state index < -0.39 is 16.6 Å². The van der Waals surface area contributed by atoms with Gasteiger partial charge in [0.25, 0.3) is 11.6 Å². The number of halogens is 1. The van der Waals surface area contributed by atoms with E-state index in [4.69, 9.17) is 0 Å². The number of aromatic amines is 1. The Balaban J connectivity index is 2.23. The van der Waals surface area contributed by atoms with E-state index in [-0.39, 0.29) is 17.8 Å². The van der Waals surface area contributed by atoms with E-state index in [1.165, 1.54) is 18.1 Å². The van der Waals surface area contributed by atoms with Crippen LogP contribution in [0.2, 0.25) is 0 Å². The molecule has 0 aliphatic rings. The molecule has 0 aliphatic carbocycles. The molecular weight excluding hydrogens is 267 g/mol. The van der Waals surface area contributed by atoms with Gasteiger partial charge < -0.3 is 4.90 Å². The van der Waals surface area contributed by atoms with Crippen molar-refractivity contribution < 1.29 is 14.1 Å². The van der Waals surface area contributed by atoms with Crippen LogP contribution in [0.3, 0.4) is 0 Å². The fraction of sp³-hybridized carbons (Fsp3) is 0.167. The van der Waals surface area contributed by atoms with Crippen LogP contribution in [0.25, 0.3) is 0 Å². The third-order valence-electron chi connectivity index (χ3n) is 2.71. The monoisotopic (exact) mass is 278 g/mol. The fourth-order valence-corrected chi connectivity index (χ4v) is 1.71. The second-order valence-electron chi connectivity index (χ2n) is 4.19. The lowest BCUT2D eigenvalue weighted by molar-refractivity contribution is -0.384. The minimum Gasteiger partial charge on any atom is -0.337 e. The third-order valence-corrected chi connectivity index (χ3v) is 2.71. The molecule has 2 rings (SSSR count). The first kappa shape index (κ1) is 13.7. The van der Waals surface area contributed by atoms with Crippen LogP contribution in [0.5, 0.6) is 0 Å². The van der Waals surface area contributed by atoms with Crippen molar-refractivity contribution in [3.05, 3.63) is 57.7 Å². The van der Waals surface area contributed by atoms with Crippen LogP contribution in [0.4, 0.5) is 10.1 Å². The summed E-state index contributed by atoms with van der Waals surface area (Å²) in [4.78, 5) is 23.3. The van der Waals surface area contributed by atoms with E-state index in [1.807, 2.05) is 0 Å². The second kappa shape index (κ2) is 5.47. The highest BCUT2D eigenvalue weighted by Gasteiger charge is 2.20. The number of benzene rings is 1. The average molecular weight is 278 g/mol. The Morgan fingerprint density at radius 2 is 2.30 bits per heavy atom. The molecular formula is C12H11FN4O3. The summed E-state index contributed by atoms with van der Waals surface area (Å²) in [7, 11) is 1.48. The summed E-state index contributed by atoms with van der Waals surface area (Å²) < 4.78 is 13.6. The number of rotatable bonds is 4. The lowest BCUT2D eigenvalue weighted by Gasteiger charge is -2.16. The number of aromatic nitrogens is 2. The summed E-state index contributed by atoms with van der Waals surface area (Å²) in [6.45, 7) is 0.220. The molecule has 20 heavy (non-hydrogen) atoms. The highest BCUT2D eigenvalue weighted by atomic mass is 19.1. The normalized spacial score (nSPS) is 10.3. The number of nitrogens with zero attached hydrogens (tertiary/aromatic N) is 3. The van der Waals surface area contributed by atoms with Crippen molar-refractivity contribution in [2.75, 3.05) is 7.05 Å². The Kier molecular flexibility index (Phi) is 3.74. The maximum atomic E-state index is 13.6. The molecule has 0 radical (unpaired) electrons. The zero-order valence-corrected chi connectivity index (χ0v) is 10.5. The third kappa shape index (κ3) is 2.79. The zero-order chi connectivity index (χ0) is 14.7. The van der Waals surface area contributed by atoms with Gasteiger partial charge in [-0.2, -0.15) is 5.10 Å². The Labute approximate surface area is 113 Å². The van der Waals surface area contributed by atoms with Gasteiger partial charge in [0.15, 0.2) is 0 Å². The van der Waals surface area contributed by atoms with E-state index >= 15 is 0 Å². The minimum absolute atomic E-state index is 0.220. The first-order valence-electron chi connectivity index (χ1n) is 5.66. The lowest BCUT2D eigenvalue weighted by atomic mass is 10.1. The van der Waals surface area contributed by atoms with Crippen molar-refractivity contribution in [1.82, 2.24) is 15.1 Å². The minimum atomic E-state index is -0.792. The van der Waals surface area contributed by atoms with E-state index in [0.29, 0.717) is 0 Å². The van der Waals surface area contributed by atoms with Gasteiger partial charge in [-0.25, -0.2) is 4.39 Å². The molecule has 7 nitrogen and oxygen atoms in total. The quantitative estimate of drug-likeness (QED) is 0.681. The summed E-state index contributed by atoms with van der Waals surface area (Å²) in [5.41, 5.74) is 0.0864. The Hall–Kier alpha value is -2.77. The van der Waals surface area contributed by atoms with E-state index in [0.717, 1.165) is 23.8 Å². The zero-order valence-electron chi connectivity index (χ0n) is 10.5. The van der Waals surface area contributed by atoms with Gasteiger partial charge in [-0.15, -0.1) is 0 Å². The largest absolute Gasteiger partial charge is 0.337 e. The van der Waals surface area contributed by atoms with Gasteiger partial charge in [-0.3, -0.25) is 20.0 Å². The first-order chi connectivity index (χ1) is 9.49. The van der Waals surface area contributed by atoms with Crippen molar-refractivity contribution >= 4 is 11.6 Å². The van der Waals surface area contributed by atoms with Crippen molar-refractivity contribution in [3.8, 4) is 0 Å². The maximum Gasteiger partial charge on any atom is 0.270 e. The molecule has 1 aromatic carbocycles. The van der Waals surface area contributed by atoms with Crippen LogP contribution in [0, 0.1) is 15.9 Å². The van der Waals surface area contributed by atoms with Crippen molar-refractivity contribution in [2.24, 2.45) is 0 Å². The Bertz CT molecular complexity index is 642. The summed E-state index contributed by atoms with van der Waals surface area (Å²) in [6, 6.07) is 2.86. The molecule has 0 fully saturated rings. The number of amides is 1. The van der Waals surface area contributed by atoms with Crippen LogP contribution in [0.1, 0.15) is 15.9 Å². The standard InChI is InChI=1S/C12H11FN4O3/c1-16(7-8-5-14-15-6-8)12(18)10-4-9(17(19)20)2-3-11(10)13/h2-6H,7H2,1H3,(H,14,15). The summed E-state index contributed by atoms with van der Waals surface area (Å²) in [5.74, 6) is -1.42. The number of non-ortho nitro benzene ring substituents is 1. The van der Waals surface area contributed by atoms with Gasteiger partial charge in [0.1, 0.15) is 5.82 Å². The van der Waals surface area contributed by atoms with Gasteiger partial charge in [0.05, 0.1) is 16.7 Å². The highest BCUT2D eigenvalue weighted by molar-refractivity contribution is 5.94. The molecule has 0 aliphatic heterocycles. The molecule has 0 atom stereocenters. The highest BCUT2D eigenvalue weighted by Crippen LogP contribution is 2.18. The number of nitro benzene ring substituents is 1. The Morgan fingerprint density at radius 1 is 1.55 bits per heavy atom. The van der Waals surface area contributed by atoms with E-state index in [2.05, 4.69) is 10.2 Å². The molecule has 1 heterocycles. The van der Waals surface area contributed by atoms with E-state index in [9.17, 15) is 19.3 Å². The molecule has 8 heteroatoms. The predicted molar refractivity (Wildman–Crippen MR) is 67.4 cm³/mol. The molecule has 1 aromatic heterocycles. The second-order valence-corrected chi connectivity index (χ2v) is 4.19. The Morgan fingerprint density at radius 3 is 2.90 bits per heavy atom. The number of carbonyl (C=O) groups is 1. The predicted octanol–water partition coefficient (Wildman–Crippen LogP) is 1.73.